The maximum atomic E-state index is 12.0. The summed E-state index contributed by atoms with van der Waals surface area (Å²) in [5.41, 5.74) is 1.48. The molecule has 0 fully saturated rings. The molecule has 2 aliphatic carbocycles. The second kappa shape index (κ2) is 2.98. The highest BCUT2D eigenvalue weighted by molar-refractivity contribution is 6.05. The van der Waals surface area contributed by atoms with Gasteiger partial charge in [-0.05, 0) is 29.8 Å². The number of aromatic hydroxyl groups is 1. The van der Waals surface area contributed by atoms with E-state index in [0.717, 1.165) is 5.56 Å². The minimum atomic E-state index is -0.318. The van der Waals surface area contributed by atoms with E-state index in [2.05, 4.69) is 0 Å². The summed E-state index contributed by atoms with van der Waals surface area (Å²) in [5, 5.41) is 18.7. The van der Waals surface area contributed by atoms with E-state index in [1.165, 1.54) is 6.07 Å². The van der Waals surface area contributed by atoms with Crippen molar-refractivity contribution in [2.75, 3.05) is 0 Å². The molecular formula is C13H10O3. The van der Waals surface area contributed by atoms with Gasteiger partial charge in [-0.2, -0.15) is 0 Å². The smallest absolute Gasteiger partial charge is 0.171 e. The van der Waals surface area contributed by atoms with Crippen LogP contribution < -0.4 is 0 Å². The fraction of sp³-hybridized carbons (Fsp3) is 0.154. The van der Waals surface area contributed by atoms with Crippen LogP contribution >= 0.6 is 0 Å². The molecule has 2 N–H and O–H groups in total. The van der Waals surface area contributed by atoms with E-state index in [0.29, 0.717) is 5.56 Å². The molecule has 3 rings (SSSR count). The third-order valence-electron chi connectivity index (χ3n) is 3.18. The van der Waals surface area contributed by atoms with Crippen LogP contribution in [-0.4, -0.2) is 16.0 Å². The molecular weight excluding hydrogens is 204 g/mol. The first-order valence-electron chi connectivity index (χ1n) is 5.13. The topological polar surface area (TPSA) is 57.5 Å². The SMILES string of the molecule is O=C1c2cc(O)ccc2C2C=CC(O)=CC12. The molecule has 0 aromatic heterocycles. The van der Waals surface area contributed by atoms with Crippen molar-refractivity contribution in [2.45, 2.75) is 5.92 Å². The predicted molar refractivity (Wildman–Crippen MR) is 58.5 cm³/mol. The number of phenols is 1. The monoisotopic (exact) mass is 214 g/mol. The molecule has 0 amide bonds. The molecule has 3 heteroatoms. The first-order valence-corrected chi connectivity index (χ1v) is 5.13. The number of hydrogen-bond acceptors (Lipinski definition) is 3. The average Bonchev–Trinajstić information content (AvgIpc) is 2.53. The highest BCUT2D eigenvalue weighted by Gasteiger charge is 2.38. The standard InChI is InChI=1S/C13H10O3/c14-7-1-3-9-10-4-2-8(15)6-12(10)13(16)11(9)5-7/h1-6,9,11,14-15H. The van der Waals surface area contributed by atoms with Gasteiger partial charge in [0.1, 0.15) is 11.5 Å². The minimum Gasteiger partial charge on any atom is -0.508 e. The largest absolute Gasteiger partial charge is 0.508 e. The summed E-state index contributed by atoms with van der Waals surface area (Å²) < 4.78 is 0. The summed E-state index contributed by atoms with van der Waals surface area (Å²) in [6, 6.07) is 4.85. The fourth-order valence-electron chi connectivity index (χ4n) is 2.43. The number of aliphatic hydroxyl groups is 1. The number of ketones is 1. The summed E-state index contributed by atoms with van der Waals surface area (Å²) in [7, 11) is 0. The lowest BCUT2D eigenvalue weighted by molar-refractivity contribution is 0.0952. The minimum absolute atomic E-state index is 0.000926. The van der Waals surface area contributed by atoms with Crippen LogP contribution in [0.15, 0.2) is 42.2 Å². The highest BCUT2D eigenvalue weighted by Crippen LogP contribution is 2.42. The molecule has 2 unspecified atom stereocenters. The Labute approximate surface area is 92.3 Å². The van der Waals surface area contributed by atoms with Gasteiger partial charge in [-0.3, -0.25) is 4.79 Å². The number of carbonyl (C=O) groups excluding carboxylic acids is 1. The number of allylic oxidation sites excluding steroid dienone is 3. The second-order valence-corrected chi connectivity index (χ2v) is 4.14. The van der Waals surface area contributed by atoms with Crippen molar-refractivity contribution < 1.29 is 15.0 Å². The molecule has 1 aromatic carbocycles. The summed E-state index contributed by atoms with van der Waals surface area (Å²) in [4.78, 5) is 12.0. The molecule has 1 aromatic rings. The van der Waals surface area contributed by atoms with E-state index < -0.39 is 0 Å². The van der Waals surface area contributed by atoms with Crippen LogP contribution in [0.1, 0.15) is 21.8 Å². The summed E-state index contributed by atoms with van der Waals surface area (Å²) in [6.07, 6.45) is 5.02. The van der Waals surface area contributed by atoms with E-state index in [1.54, 1.807) is 24.3 Å². The van der Waals surface area contributed by atoms with Crippen LogP contribution in [0.2, 0.25) is 0 Å². The third-order valence-corrected chi connectivity index (χ3v) is 3.18. The zero-order chi connectivity index (χ0) is 11.3. The Morgan fingerprint density at radius 2 is 1.94 bits per heavy atom. The maximum absolute atomic E-state index is 12.0. The zero-order valence-corrected chi connectivity index (χ0v) is 8.42. The van der Waals surface area contributed by atoms with Crippen LogP contribution in [0.4, 0.5) is 0 Å². The van der Waals surface area contributed by atoms with Crippen LogP contribution in [-0.2, 0) is 0 Å². The van der Waals surface area contributed by atoms with Crippen LogP contribution in [0.25, 0.3) is 0 Å². The van der Waals surface area contributed by atoms with Crippen molar-refractivity contribution >= 4 is 5.78 Å². The Kier molecular flexibility index (Phi) is 1.72. The Morgan fingerprint density at radius 3 is 2.75 bits per heavy atom. The average molecular weight is 214 g/mol. The van der Waals surface area contributed by atoms with E-state index in [9.17, 15) is 15.0 Å². The molecule has 2 atom stereocenters. The molecule has 16 heavy (non-hydrogen) atoms. The van der Waals surface area contributed by atoms with Crippen molar-refractivity contribution in [3.63, 3.8) is 0 Å². The Morgan fingerprint density at radius 1 is 1.12 bits per heavy atom. The Hall–Kier alpha value is -2.03. The fourth-order valence-corrected chi connectivity index (χ4v) is 2.43. The molecule has 0 heterocycles. The van der Waals surface area contributed by atoms with Crippen molar-refractivity contribution in [1.29, 1.82) is 0 Å². The molecule has 0 bridgehead atoms. The molecule has 0 saturated heterocycles. The maximum Gasteiger partial charge on any atom is 0.171 e. The third kappa shape index (κ3) is 1.11. The van der Waals surface area contributed by atoms with E-state index in [1.807, 2.05) is 6.08 Å². The van der Waals surface area contributed by atoms with Gasteiger partial charge >= 0.3 is 0 Å². The van der Waals surface area contributed by atoms with Crippen molar-refractivity contribution in [2.24, 2.45) is 5.92 Å². The Balaban J connectivity index is 2.17. The number of aliphatic hydroxyl groups excluding tert-OH is 1. The molecule has 0 aliphatic heterocycles. The highest BCUT2D eigenvalue weighted by atomic mass is 16.3. The van der Waals surface area contributed by atoms with Crippen LogP contribution in [0.5, 0.6) is 5.75 Å². The lowest BCUT2D eigenvalue weighted by Crippen LogP contribution is -2.12. The van der Waals surface area contributed by atoms with Gasteiger partial charge in [0.15, 0.2) is 5.78 Å². The summed E-state index contributed by atoms with van der Waals surface area (Å²) >= 11 is 0. The zero-order valence-electron chi connectivity index (χ0n) is 8.42. The summed E-state index contributed by atoms with van der Waals surface area (Å²) in [6.45, 7) is 0. The van der Waals surface area contributed by atoms with Gasteiger partial charge in [0, 0.05) is 11.5 Å². The number of rotatable bonds is 0. The molecule has 80 valence electrons. The van der Waals surface area contributed by atoms with Gasteiger partial charge in [0.2, 0.25) is 0 Å². The first-order chi connectivity index (χ1) is 7.66. The lowest BCUT2D eigenvalue weighted by Gasteiger charge is -2.15. The number of hydrogen-bond donors (Lipinski definition) is 2. The number of Topliss-reactive ketones (excluding diaryl/α,β-unsaturated/α-hetero) is 1. The van der Waals surface area contributed by atoms with Gasteiger partial charge in [0.05, 0.1) is 5.92 Å². The van der Waals surface area contributed by atoms with Gasteiger partial charge < -0.3 is 10.2 Å². The van der Waals surface area contributed by atoms with E-state index >= 15 is 0 Å². The van der Waals surface area contributed by atoms with E-state index in [-0.39, 0.29) is 29.1 Å². The summed E-state index contributed by atoms with van der Waals surface area (Å²) in [5.74, 6) is -0.123. The normalized spacial score (nSPS) is 26.2. The van der Waals surface area contributed by atoms with Crippen molar-refractivity contribution in [1.82, 2.24) is 0 Å². The Bertz CT molecular complexity index is 540. The molecule has 0 radical (unpaired) electrons. The van der Waals surface area contributed by atoms with Crippen LogP contribution in [0, 0.1) is 5.92 Å². The van der Waals surface area contributed by atoms with Crippen LogP contribution in [0.3, 0.4) is 0 Å². The van der Waals surface area contributed by atoms with Crippen molar-refractivity contribution in [3.8, 4) is 5.75 Å². The van der Waals surface area contributed by atoms with Gasteiger partial charge in [0.25, 0.3) is 0 Å². The molecule has 2 aliphatic rings. The number of fused-ring (bicyclic) bond motifs is 3. The van der Waals surface area contributed by atoms with Gasteiger partial charge in [-0.1, -0.05) is 12.1 Å². The molecule has 0 spiro atoms. The number of carbonyl (C=O) groups is 1. The van der Waals surface area contributed by atoms with Crippen molar-refractivity contribution in [3.05, 3.63) is 53.3 Å². The second-order valence-electron chi connectivity index (χ2n) is 4.14. The van der Waals surface area contributed by atoms with Gasteiger partial charge in [-0.15, -0.1) is 0 Å². The van der Waals surface area contributed by atoms with E-state index in [4.69, 9.17) is 0 Å². The predicted octanol–water partition coefficient (Wildman–Crippen LogP) is 2.30. The first kappa shape index (κ1) is 9.21. The quantitative estimate of drug-likeness (QED) is 0.696. The van der Waals surface area contributed by atoms with Gasteiger partial charge in [-0.25, -0.2) is 0 Å². The number of benzene rings is 1. The lowest BCUT2D eigenvalue weighted by atomic mass is 9.88. The molecule has 0 saturated carbocycles. The molecule has 3 nitrogen and oxygen atoms in total. The number of phenolic OH excluding ortho intramolecular Hbond substituents is 1.